The van der Waals surface area contributed by atoms with Gasteiger partial charge in [0.25, 0.3) is 0 Å². The monoisotopic (exact) mass is 381 g/mol. The van der Waals surface area contributed by atoms with Crippen LogP contribution in [0.3, 0.4) is 0 Å². The van der Waals surface area contributed by atoms with E-state index in [1.165, 1.54) is 11.3 Å². The van der Waals surface area contributed by atoms with Gasteiger partial charge in [0.1, 0.15) is 0 Å². The lowest BCUT2D eigenvalue weighted by Crippen LogP contribution is -2.47. The lowest BCUT2D eigenvalue weighted by molar-refractivity contribution is -0.116. The Morgan fingerprint density at radius 2 is 1.71 bits per heavy atom. The molecule has 0 aliphatic carbocycles. The topological polar surface area (TPSA) is 44.8 Å². The summed E-state index contributed by atoms with van der Waals surface area (Å²) in [5.74, 6) is 0.255. The third-order valence-electron chi connectivity index (χ3n) is 5.36. The van der Waals surface area contributed by atoms with Gasteiger partial charge in [0.15, 0.2) is 0 Å². The van der Waals surface area contributed by atoms with Gasteiger partial charge in [0.2, 0.25) is 5.91 Å². The number of piperazine rings is 1. The minimum Gasteiger partial charge on any atom is -0.383 e. The van der Waals surface area contributed by atoms with Gasteiger partial charge in [-0.1, -0.05) is 37.3 Å². The summed E-state index contributed by atoms with van der Waals surface area (Å²) in [6, 6.07) is 18.4. The fourth-order valence-corrected chi connectivity index (χ4v) is 3.60. The molecule has 1 unspecified atom stereocenters. The van der Waals surface area contributed by atoms with E-state index < -0.39 is 0 Å². The standard InChI is InChI=1S/C23H31N3O2/c1-19(20-6-4-3-5-7-20)18-23(27)24-21-8-10-22(11-9-21)26-14-12-25(13-15-26)16-17-28-2/h3-11,19H,12-18H2,1-2H3,(H,24,27). The number of benzene rings is 2. The summed E-state index contributed by atoms with van der Waals surface area (Å²) in [5.41, 5.74) is 3.26. The number of amides is 1. The van der Waals surface area contributed by atoms with Crippen LogP contribution in [0.15, 0.2) is 54.6 Å². The average molecular weight is 382 g/mol. The molecule has 28 heavy (non-hydrogen) atoms. The number of hydrogen-bond acceptors (Lipinski definition) is 4. The van der Waals surface area contributed by atoms with E-state index >= 15 is 0 Å². The van der Waals surface area contributed by atoms with E-state index in [1.54, 1.807) is 7.11 Å². The number of anilines is 2. The van der Waals surface area contributed by atoms with E-state index in [0.717, 1.165) is 45.0 Å². The zero-order chi connectivity index (χ0) is 19.8. The average Bonchev–Trinajstić information content (AvgIpc) is 2.74. The van der Waals surface area contributed by atoms with Gasteiger partial charge >= 0.3 is 0 Å². The van der Waals surface area contributed by atoms with E-state index in [9.17, 15) is 4.79 Å². The Bertz CT molecular complexity index is 725. The van der Waals surface area contributed by atoms with Crippen molar-refractivity contribution in [1.82, 2.24) is 4.90 Å². The minimum atomic E-state index is 0.0517. The first-order valence-electron chi connectivity index (χ1n) is 10.1. The summed E-state index contributed by atoms with van der Waals surface area (Å²) in [5, 5.41) is 3.02. The molecule has 150 valence electrons. The molecule has 0 bridgehead atoms. The third kappa shape index (κ3) is 5.81. The quantitative estimate of drug-likeness (QED) is 0.759. The second-order valence-corrected chi connectivity index (χ2v) is 7.43. The van der Waals surface area contributed by atoms with Crippen LogP contribution in [0.5, 0.6) is 0 Å². The molecular formula is C23H31N3O2. The van der Waals surface area contributed by atoms with Crippen molar-refractivity contribution in [3.63, 3.8) is 0 Å². The summed E-state index contributed by atoms with van der Waals surface area (Å²) in [6.07, 6.45) is 0.481. The van der Waals surface area contributed by atoms with Gasteiger partial charge in [-0.25, -0.2) is 0 Å². The number of rotatable bonds is 8. The lowest BCUT2D eigenvalue weighted by atomic mass is 9.97. The molecule has 1 atom stereocenters. The third-order valence-corrected chi connectivity index (χ3v) is 5.36. The predicted octanol–water partition coefficient (Wildman–Crippen LogP) is 3.59. The molecule has 0 spiro atoms. The van der Waals surface area contributed by atoms with Crippen LogP contribution in [0, 0.1) is 0 Å². The summed E-state index contributed by atoms with van der Waals surface area (Å²) < 4.78 is 5.16. The fourth-order valence-electron chi connectivity index (χ4n) is 3.60. The highest BCUT2D eigenvalue weighted by molar-refractivity contribution is 5.91. The van der Waals surface area contributed by atoms with Crippen LogP contribution in [0.25, 0.3) is 0 Å². The molecule has 1 heterocycles. The van der Waals surface area contributed by atoms with E-state index in [-0.39, 0.29) is 11.8 Å². The molecule has 1 aliphatic heterocycles. The molecule has 3 rings (SSSR count). The van der Waals surface area contributed by atoms with Crippen molar-refractivity contribution >= 4 is 17.3 Å². The van der Waals surface area contributed by atoms with Crippen LogP contribution in [0.2, 0.25) is 0 Å². The number of ether oxygens (including phenoxy) is 1. The molecule has 0 saturated carbocycles. The van der Waals surface area contributed by atoms with Gasteiger partial charge in [-0.3, -0.25) is 9.69 Å². The predicted molar refractivity (Wildman–Crippen MR) is 115 cm³/mol. The van der Waals surface area contributed by atoms with Crippen molar-refractivity contribution in [2.75, 3.05) is 56.7 Å². The van der Waals surface area contributed by atoms with Gasteiger partial charge < -0.3 is 15.0 Å². The van der Waals surface area contributed by atoms with Crippen LogP contribution in [-0.2, 0) is 9.53 Å². The van der Waals surface area contributed by atoms with E-state index in [1.807, 2.05) is 30.3 Å². The second-order valence-electron chi connectivity index (χ2n) is 7.43. The Morgan fingerprint density at radius 1 is 1.04 bits per heavy atom. The maximum Gasteiger partial charge on any atom is 0.224 e. The van der Waals surface area contributed by atoms with Crippen molar-refractivity contribution in [1.29, 1.82) is 0 Å². The molecule has 0 radical (unpaired) electrons. The van der Waals surface area contributed by atoms with Gasteiger partial charge in [0, 0.05) is 57.6 Å². The maximum absolute atomic E-state index is 12.4. The zero-order valence-corrected chi connectivity index (χ0v) is 16.9. The van der Waals surface area contributed by atoms with Gasteiger partial charge in [-0.2, -0.15) is 0 Å². The van der Waals surface area contributed by atoms with Gasteiger partial charge in [-0.05, 0) is 35.7 Å². The molecule has 1 saturated heterocycles. The summed E-state index contributed by atoms with van der Waals surface area (Å²) in [6.45, 7) is 8.02. The maximum atomic E-state index is 12.4. The van der Waals surface area contributed by atoms with Crippen LogP contribution in [-0.4, -0.2) is 57.2 Å². The summed E-state index contributed by atoms with van der Waals surface area (Å²) >= 11 is 0. The summed E-state index contributed by atoms with van der Waals surface area (Å²) in [7, 11) is 1.75. The number of carbonyl (C=O) groups is 1. The van der Waals surface area contributed by atoms with Crippen molar-refractivity contribution in [3.8, 4) is 0 Å². The number of nitrogens with zero attached hydrogens (tertiary/aromatic N) is 2. The Labute approximate surface area is 168 Å². The van der Waals surface area contributed by atoms with Crippen molar-refractivity contribution in [3.05, 3.63) is 60.2 Å². The first-order valence-corrected chi connectivity index (χ1v) is 10.1. The molecule has 5 nitrogen and oxygen atoms in total. The smallest absolute Gasteiger partial charge is 0.224 e. The van der Waals surface area contributed by atoms with Crippen molar-refractivity contribution in [2.24, 2.45) is 0 Å². The number of methoxy groups -OCH3 is 1. The first-order chi connectivity index (χ1) is 13.7. The molecule has 1 fully saturated rings. The molecular weight excluding hydrogens is 350 g/mol. The molecule has 2 aromatic carbocycles. The molecule has 0 aromatic heterocycles. The van der Waals surface area contributed by atoms with Crippen LogP contribution >= 0.6 is 0 Å². The molecule has 1 aliphatic rings. The van der Waals surface area contributed by atoms with Crippen molar-refractivity contribution in [2.45, 2.75) is 19.3 Å². The number of hydrogen-bond donors (Lipinski definition) is 1. The molecule has 5 heteroatoms. The highest BCUT2D eigenvalue weighted by Gasteiger charge is 2.17. The largest absolute Gasteiger partial charge is 0.383 e. The van der Waals surface area contributed by atoms with Crippen molar-refractivity contribution < 1.29 is 9.53 Å². The Morgan fingerprint density at radius 3 is 2.36 bits per heavy atom. The van der Waals surface area contributed by atoms with Crippen LogP contribution in [0.1, 0.15) is 24.8 Å². The molecule has 1 amide bonds. The van der Waals surface area contributed by atoms with E-state index in [0.29, 0.717) is 6.42 Å². The SMILES string of the molecule is COCCN1CCN(c2ccc(NC(=O)CC(C)c3ccccc3)cc2)CC1. The number of nitrogens with one attached hydrogen (secondary N) is 1. The highest BCUT2D eigenvalue weighted by atomic mass is 16.5. The zero-order valence-electron chi connectivity index (χ0n) is 16.9. The molecule has 1 N–H and O–H groups in total. The molecule has 2 aromatic rings. The fraction of sp³-hybridized carbons (Fsp3) is 0.435. The Hall–Kier alpha value is -2.37. The highest BCUT2D eigenvalue weighted by Crippen LogP contribution is 2.22. The van der Waals surface area contributed by atoms with Crippen LogP contribution < -0.4 is 10.2 Å². The minimum absolute atomic E-state index is 0.0517. The summed E-state index contributed by atoms with van der Waals surface area (Å²) in [4.78, 5) is 17.2. The second kappa shape index (κ2) is 10.2. The van der Waals surface area contributed by atoms with Crippen LogP contribution in [0.4, 0.5) is 11.4 Å². The normalized spacial score (nSPS) is 16.0. The van der Waals surface area contributed by atoms with Gasteiger partial charge in [0.05, 0.1) is 6.61 Å². The Balaban J connectivity index is 1.47. The Kier molecular flexibility index (Phi) is 7.46. The number of carbonyl (C=O) groups excluding carboxylic acids is 1. The van der Waals surface area contributed by atoms with E-state index in [4.69, 9.17) is 4.74 Å². The van der Waals surface area contributed by atoms with Gasteiger partial charge in [-0.15, -0.1) is 0 Å². The first kappa shape index (κ1) is 20.4. The van der Waals surface area contributed by atoms with E-state index in [2.05, 4.69) is 46.3 Å². The lowest BCUT2D eigenvalue weighted by Gasteiger charge is -2.36.